The van der Waals surface area contributed by atoms with Crippen molar-refractivity contribution in [1.29, 1.82) is 0 Å². The maximum Gasteiger partial charge on any atom is 0.220 e. The summed E-state index contributed by atoms with van der Waals surface area (Å²) >= 11 is 0. The number of unbranched alkanes of at least 4 members (excludes halogenated alkanes) is 11. The molecule has 0 aromatic rings. The van der Waals surface area contributed by atoms with E-state index in [-0.39, 0.29) is 18.9 Å². The number of nitrogens with one attached hydrogen (secondary N) is 1. The summed E-state index contributed by atoms with van der Waals surface area (Å²) in [5.41, 5.74) is 0. The van der Waals surface area contributed by atoms with Crippen LogP contribution in [0.3, 0.4) is 0 Å². The maximum absolute atomic E-state index is 13.2. The lowest BCUT2D eigenvalue weighted by molar-refractivity contribution is -0.379. The monoisotopic (exact) mass is 976 g/mol. The van der Waals surface area contributed by atoms with Crippen molar-refractivity contribution in [2.45, 2.75) is 227 Å². The van der Waals surface area contributed by atoms with Crippen molar-refractivity contribution < 1.29 is 89.4 Å². The smallest absolute Gasteiger partial charge is 0.220 e. The van der Waals surface area contributed by atoms with Gasteiger partial charge in [0.25, 0.3) is 0 Å². The zero-order chi connectivity index (χ0) is 49.8. The second-order valence-corrected chi connectivity index (χ2v) is 17.9. The Bertz CT molecular complexity index is 1450. The van der Waals surface area contributed by atoms with Gasteiger partial charge in [-0.1, -0.05) is 107 Å². The molecule has 1 amide bonds. The quantitative estimate of drug-likeness (QED) is 0.0325. The molecule has 3 fully saturated rings. The van der Waals surface area contributed by atoms with Crippen LogP contribution in [0.1, 0.15) is 123 Å². The Hall–Kier alpha value is -2.25. The van der Waals surface area contributed by atoms with Gasteiger partial charge in [-0.2, -0.15) is 0 Å². The molecule has 0 aliphatic carbocycles. The number of amides is 1. The van der Waals surface area contributed by atoms with E-state index in [1.165, 1.54) is 19.3 Å². The Kier molecular flexibility index (Phi) is 30.2. The van der Waals surface area contributed by atoms with Crippen LogP contribution in [-0.2, 0) is 33.2 Å². The molecule has 68 heavy (non-hydrogen) atoms. The third-order valence-corrected chi connectivity index (χ3v) is 12.3. The number of hydrogen-bond donors (Lipinski definition) is 12. The van der Waals surface area contributed by atoms with Crippen LogP contribution in [0.2, 0.25) is 0 Å². The molecule has 17 atom stereocenters. The number of carbonyl (C=O) groups is 1. The van der Waals surface area contributed by atoms with Gasteiger partial charge in [0.2, 0.25) is 5.91 Å². The summed E-state index contributed by atoms with van der Waals surface area (Å²) in [6.07, 6.45) is 5.69. The number of allylic oxidation sites excluding steroid dienone is 7. The van der Waals surface area contributed by atoms with E-state index in [0.717, 1.165) is 70.6 Å². The lowest BCUT2D eigenvalue weighted by Gasteiger charge is -2.48. The van der Waals surface area contributed by atoms with Crippen molar-refractivity contribution in [3.05, 3.63) is 48.6 Å². The second-order valence-electron chi connectivity index (χ2n) is 17.9. The van der Waals surface area contributed by atoms with Gasteiger partial charge < -0.3 is 89.9 Å². The van der Waals surface area contributed by atoms with Gasteiger partial charge in [-0.3, -0.25) is 4.79 Å². The minimum atomic E-state index is -1.98. The van der Waals surface area contributed by atoms with Gasteiger partial charge in [-0.15, -0.1) is 0 Å². The van der Waals surface area contributed by atoms with E-state index in [0.29, 0.717) is 12.8 Å². The van der Waals surface area contributed by atoms with E-state index in [2.05, 4.69) is 55.6 Å². The van der Waals surface area contributed by atoms with Crippen LogP contribution in [0.25, 0.3) is 0 Å². The molecule has 3 heterocycles. The highest BCUT2D eigenvalue weighted by Crippen LogP contribution is 2.33. The highest BCUT2D eigenvalue weighted by atomic mass is 16.8. The Balaban J connectivity index is 1.58. The molecule has 12 N–H and O–H groups in total. The molecule has 0 radical (unpaired) electrons. The third-order valence-electron chi connectivity index (χ3n) is 12.3. The van der Waals surface area contributed by atoms with Crippen molar-refractivity contribution in [3.63, 3.8) is 0 Å². The fraction of sp³-hybridized carbons (Fsp3) is 0.816. The van der Waals surface area contributed by atoms with Crippen LogP contribution in [0.5, 0.6) is 0 Å². The van der Waals surface area contributed by atoms with E-state index in [9.17, 15) is 61.0 Å². The molecule has 0 aromatic carbocycles. The summed E-state index contributed by atoms with van der Waals surface area (Å²) in [6.45, 7) is 1.53. The van der Waals surface area contributed by atoms with Crippen LogP contribution < -0.4 is 5.32 Å². The Labute approximate surface area is 402 Å². The molecule has 19 nitrogen and oxygen atoms in total. The van der Waals surface area contributed by atoms with Crippen LogP contribution in [-0.4, -0.2) is 193 Å². The van der Waals surface area contributed by atoms with Crippen molar-refractivity contribution in [2.75, 3.05) is 26.4 Å². The number of carbonyl (C=O) groups excluding carboxylic acids is 1. The van der Waals surface area contributed by atoms with Crippen LogP contribution in [0.15, 0.2) is 48.6 Å². The molecular weight excluding hydrogens is 891 g/mol. The molecule has 0 bridgehead atoms. The van der Waals surface area contributed by atoms with Crippen molar-refractivity contribution >= 4 is 5.91 Å². The van der Waals surface area contributed by atoms with E-state index >= 15 is 0 Å². The first-order chi connectivity index (χ1) is 32.8. The molecule has 3 aliphatic rings. The van der Waals surface area contributed by atoms with Crippen molar-refractivity contribution in [2.24, 2.45) is 0 Å². The summed E-state index contributed by atoms with van der Waals surface area (Å²) < 4.78 is 34.0. The molecule has 394 valence electrons. The fourth-order valence-electron chi connectivity index (χ4n) is 8.10. The molecule has 3 saturated heterocycles. The number of ether oxygens (including phenoxy) is 6. The average molecular weight is 976 g/mol. The first-order valence-corrected chi connectivity index (χ1v) is 24.9. The van der Waals surface area contributed by atoms with Gasteiger partial charge in [0.05, 0.1) is 38.6 Å². The molecule has 19 heteroatoms. The fourth-order valence-corrected chi connectivity index (χ4v) is 8.10. The van der Waals surface area contributed by atoms with Gasteiger partial charge in [0, 0.05) is 6.42 Å². The van der Waals surface area contributed by atoms with E-state index in [1.54, 1.807) is 6.08 Å². The molecule has 3 aliphatic heterocycles. The minimum Gasteiger partial charge on any atom is -0.394 e. The Morgan fingerprint density at radius 1 is 0.529 bits per heavy atom. The Morgan fingerprint density at radius 2 is 1.00 bits per heavy atom. The first kappa shape index (κ1) is 60.1. The van der Waals surface area contributed by atoms with Gasteiger partial charge in [-0.05, 0) is 57.8 Å². The summed E-state index contributed by atoms with van der Waals surface area (Å²) in [4.78, 5) is 13.2. The predicted octanol–water partition coefficient (Wildman–Crippen LogP) is 1.19. The summed E-state index contributed by atoms with van der Waals surface area (Å²) in [7, 11) is 0. The molecular formula is C49H85NO18. The lowest BCUT2D eigenvalue weighted by Crippen LogP contribution is -2.66. The van der Waals surface area contributed by atoms with Crippen molar-refractivity contribution in [3.8, 4) is 0 Å². The van der Waals surface area contributed by atoms with Gasteiger partial charge in [0.1, 0.15) is 73.2 Å². The SMILES string of the molecule is CCCC/C=C\C/C=C\CCCCCCCC(=O)NC(COC1OC(CO)C(OC2OC(CO)C(OC3OC(CO)C(O)C(O)C3O)C(O)C2O)C(O)C1O)C(O)/C=C/CC/C=C/CCCCC. The maximum atomic E-state index is 13.2. The van der Waals surface area contributed by atoms with E-state index < -0.39 is 124 Å². The average Bonchev–Trinajstić information content (AvgIpc) is 3.33. The molecule has 3 rings (SSSR count). The number of aliphatic hydroxyl groups is 11. The van der Waals surface area contributed by atoms with E-state index in [4.69, 9.17) is 28.4 Å². The third kappa shape index (κ3) is 20.1. The van der Waals surface area contributed by atoms with Crippen LogP contribution in [0, 0.1) is 0 Å². The Morgan fingerprint density at radius 3 is 1.60 bits per heavy atom. The minimum absolute atomic E-state index is 0.217. The predicted molar refractivity (Wildman–Crippen MR) is 249 cm³/mol. The van der Waals surface area contributed by atoms with Crippen LogP contribution >= 0.6 is 0 Å². The normalized spacial score (nSPS) is 33.6. The van der Waals surface area contributed by atoms with Gasteiger partial charge in [0.15, 0.2) is 18.9 Å². The largest absolute Gasteiger partial charge is 0.394 e. The van der Waals surface area contributed by atoms with Crippen LogP contribution in [0.4, 0.5) is 0 Å². The zero-order valence-electron chi connectivity index (χ0n) is 40.1. The second kappa shape index (κ2) is 34.2. The number of rotatable bonds is 33. The van der Waals surface area contributed by atoms with E-state index in [1.807, 2.05) is 6.08 Å². The highest BCUT2D eigenvalue weighted by Gasteiger charge is 2.53. The summed E-state index contributed by atoms with van der Waals surface area (Å²) in [5.74, 6) is -0.307. The topological polar surface area (TPSA) is 307 Å². The molecule has 0 spiro atoms. The summed E-state index contributed by atoms with van der Waals surface area (Å²) in [5, 5.41) is 119. The van der Waals surface area contributed by atoms with Crippen molar-refractivity contribution in [1.82, 2.24) is 5.32 Å². The molecule has 0 saturated carbocycles. The number of aliphatic hydroxyl groups excluding tert-OH is 11. The number of hydrogen-bond acceptors (Lipinski definition) is 18. The zero-order valence-corrected chi connectivity index (χ0v) is 40.1. The lowest BCUT2D eigenvalue weighted by atomic mass is 9.96. The highest BCUT2D eigenvalue weighted by molar-refractivity contribution is 5.76. The standard InChI is InChI=1S/C49H85NO18/c1-3-5-7-9-11-13-14-15-16-17-19-21-23-25-27-37(55)50-32(33(54)26-24-22-20-18-12-10-8-6-4-2)31-63-47-43(61)40(58)45(35(29-52)65-47)68-49-44(62)41(59)46(36(30-53)66-49)67-48-42(60)39(57)38(56)34(28-51)64-48/h9,11-12,14-15,18,24,26,32-36,38-49,51-54,56-62H,3-8,10,13,16-17,19-23,25,27-31H2,1-2H3,(H,50,55)/b11-9-,15-14-,18-12+,26-24+. The van der Waals surface area contributed by atoms with Gasteiger partial charge >= 0.3 is 0 Å². The molecule has 0 aromatic heterocycles. The summed E-state index contributed by atoms with van der Waals surface area (Å²) in [6, 6.07) is -0.994. The molecule has 17 unspecified atom stereocenters. The first-order valence-electron chi connectivity index (χ1n) is 24.9. The van der Waals surface area contributed by atoms with Gasteiger partial charge in [-0.25, -0.2) is 0 Å².